The van der Waals surface area contributed by atoms with Crippen molar-refractivity contribution in [3.8, 4) is 56.6 Å². The number of benzene rings is 5. The van der Waals surface area contributed by atoms with E-state index in [0.717, 1.165) is 68.3 Å². The number of ether oxygens (including phenoxy) is 2. The molecule has 7 rings (SSSR count). The third-order valence-electron chi connectivity index (χ3n) is 7.39. The summed E-state index contributed by atoms with van der Waals surface area (Å²) in [6.45, 7) is 7.79. The van der Waals surface area contributed by atoms with Crippen LogP contribution in [-0.2, 0) is 41.2 Å². The Morgan fingerprint density at radius 1 is 0.460 bits per heavy atom. The van der Waals surface area contributed by atoms with Crippen LogP contribution in [0.25, 0.3) is 33.6 Å². The monoisotopic (exact) mass is 1010 g/mol. The van der Waals surface area contributed by atoms with E-state index in [0.29, 0.717) is 0 Å². The predicted octanol–water partition coefficient (Wildman–Crippen LogP) is 10.4. The second-order valence-electron chi connectivity index (χ2n) is 11.2. The van der Waals surface area contributed by atoms with E-state index < -0.39 is 0 Å². The van der Waals surface area contributed by atoms with Gasteiger partial charge in [-0.05, 0) is 63.1 Å². The van der Waals surface area contributed by atoms with Crippen LogP contribution in [0.5, 0.6) is 23.0 Å². The number of nitrogens with zero attached hydrogens (tertiary/aromatic N) is 4. The summed E-state index contributed by atoms with van der Waals surface area (Å²) in [5.74, 6) is 3.10. The number of hydrogen-bond donors (Lipinski definition) is 0. The summed E-state index contributed by atoms with van der Waals surface area (Å²) in [5, 5.41) is 0. The van der Waals surface area contributed by atoms with Gasteiger partial charge in [-0.15, -0.1) is 59.7 Å². The van der Waals surface area contributed by atoms with E-state index in [4.69, 9.17) is 9.47 Å². The molecule has 0 fully saturated rings. The third kappa shape index (κ3) is 10.1. The zero-order valence-electron chi connectivity index (χ0n) is 28.0. The summed E-state index contributed by atoms with van der Waals surface area (Å²) in [6, 6.07) is 45.9. The fourth-order valence-electron chi connectivity index (χ4n) is 5.07. The average molecular weight is 1010 g/mol. The molecule has 1 radical (unpaired) electrons. The Kier molecular flexibility index (Phi) is 13.9. The van der Waals surface area contributed by atoms with Crippen molar-refractivity contribution in [2.45, 2.75) is 27.7 Å². The Labute approximate surface area is 321 Å². The number of hydrogen-bond acceptors (Lipinski definition) is 6. The normalized spacial score (nSPS) is 10.1. The molecule has 255 valence electrons. The molecular weight excluding hydrogens is 980 g/mol. The summed E-state index contributed by atoms with van der Waals surface area (Å²) in [6.07, 6.45) is 3.54. The molecule has 6 nitrogen and oxygen atoms in total. The molecule has 0 saturated carbocycles. The molecule has 0 aliphatic carbocycles. The topological polar surface area (TPSA) is 70.0 Å². The van der Waals surface area contributed by atoms with E-state index >= 15 is 0 Å². The first-order chi connectivity index (χ1) is 23.4. The molecule has 0 atom stereocenters. The van der Waals surface area contributed by atoms with Gasteiger partial charge in [-0.3, -0.25) is 9.97 Å². The Morgan fingerprint density at radius 2 is 0.860 bits per heavy atom. The van der Waals surface area contributed by atoms with Crippen LogP contribution in [0.2, 0.25) is 0 Å². The van der Waals surface area contributed by atoms with Crippen LogP contribution in [0, 0.1) is 39.8 Å². The van der Waals surface area contributed by atoms with E-state index in [1.54, 1.807) is 12.4 Å². The second-order valence-corrected chi connectivity index (χ2v) is 11.2. The number of aromatic nitrogens is 4. The van der Waals surface area contributed by atoms with Gasteiger partial charge in [0.15, 0.2) is 0 Å². The largest absolute Gasteiger partial charge is 0.502 e. The molecule has 8 heteroatoms. The molecule has 0 unspecified atom stereocenters. The van der Waals surface area contributed by atoms with Gasteiger partial charge in [0.2, 0.25) is 0 Å². The molecule has 7 aromatic rings. The molecule has 2 heterocycles. The fourth-order valence-corrected chi connectivity index (χ4v) is 5.07. The summed E-state index contributed by atoms with van der Waals surface area (Å²) < 4.78 is 11.7. The Morgan fingerprint density at radius 3 is 1.28 bits per heavy atom. The minimum absolute atomic E-state index is 0. The molecule has 0 amide bonds. The van der Waals surface area contributed by atoms with Gasteiger partial charge in [0, 0.05) is 87.8 Å². The minimum Gasteiger partial charge on any atom is -0.502 e. The second kappa shape index (κ2) is 18.3. The van der Waals surface area contributed by atoms with Crippen molar-refractivity contribution in [3.05, 3.63) is 169 Å². The molecule has 50 heavy (non-hydrogen) atoms. The van der Waals surface area contributed by atoms with Crippen molar-refractivity contribution in [2.75, 3.05) is 0 Å². The Bertz CT molecular complexity index is 2100. The molecule has 5 aromatic carbocycles. The van der Waals surface area contributed by atoms with E-state index in [1.807, 2.05) is 125 Å². The Hall–Kier alpha value is -4.80. The standard InChI is InChI=1S/C24H19N2O.C18H15N2O.Ir.Pt/c1-17-16-25-24(18(2)26-17)21-10-14-23(15-11-21)27-22-12-8-20(9-13-22)19-6-4-3-5-7-19;1-13-12-19-18(14(2)20-13)15-8-10-17(11-9-15)21-16-6-4-3-5-7-16;;/h3-10,12-16H,1-2H3;3-8,10-12H,1-2H3;;/q2*-1;;. The first-order valence-electron chi connectivity index (χ1n) is 15.6. The van der Waals surface area contributed by atoms with Gasteiger partial charge in [0.25, 0.3) is 0 Å². The van der Waals surface area contributed by atoms with Crippen molar-refractivity contribution in [1.29, 1.82) is 0 Å². The van der Waals surface area contributed by atoms with Crippen LogP contribution in [-0.4, -0.2) is 19.9 Å². The van der Waals surface area contributed by atoms with Crippen LogP contribution >= 0.6 is 0 Å². The molecule has 0 spiro atoms. The van der Waals surface area contributed by atoms with Gasteiger partial charge in [0.05, 0.1) is 11.4 Å². The van der Waals surface area contributed by atoms with Crippen molar-refractivity contribution in [2.24, 2.45) is 0 Å². The average Bonchev–Trinajstić information content (AvgIpc) is 3.11. The summed E-state index contributed by atoms with van der Waals surface area (Å²) in [5.41, 5.74) is 9.52. The number of aryl methyl sites for hydroxylation is 4. The minimum atomic E-state index is 0. The molecule has 0 aliphatic heterocycles. The van der Waals surface area contributed by atoms with Crippen LogP contribution < -0.4 is 9.47 Å². The van der Waals surface area contributed by atoms with Crippen LogP contribution in [0.1, 0.15) is 22.8 Å². The summed E-state index contributed by atoms with van der Waals surface area (Å²) in [4.78, 5) is 17.8. The number of para-hydroxylation sites is 1. The van der Waals surface area contributed by atoms with Crippen LogP contribution in [0.3, 0.4) is 0 Å². The first kappa shape index (κ1) is 38.0. The number of rotatable bonds is 7. The molecule has 0 aliphatic rings. The van der Waals surface area contributed by atoms with Crippen molar-refractivity contribution < 1.29 is 50.6 Å². The first-order valence-corrected chi connectivity index (χ1v) is 15.6. The van der Waals surface area contributed by atoms with Gasteiger partial charge < -0.3 is 19.4 Å². The van der Waals surface area contributed by atoms with Gasteiger partial charge in [-0.2, -0.15) is 0 Å². The van der Waals surface area contributed by atoms with Crippen molar-refractivity contribution in [1.82, 2.24) is 19.9 Å². The van der Waals surface area contributed by atoms with E-state index in [2.05, 4.69) is 56.3 Å². The van der Waals surface area contributed by atoms with E-state index in [9.17, 15) is 0 Å². The van der Waals surface area contributed by atoms with Gasteiger partial charge in [-0.1, -0.05) is 60.7 Å². The van der Waals surface area contributed by atoms with Crippen LogP contribution in [0.4, 0.5) is 0 Å². The van der Waals surface area contributed by atoms with Gasteiger partial charge in [-0.25, -0.2) is 0 Å². The van der Waals surface area contributed by atoms with E-state index in [1.165, 1.54) is 11.1 Å². The Balaban J connectivity index is 0.000000222. The predicted molar refractivity (Wildman–Crippen MR) is 190 cm³/mol. The third-order valence-corrected chi connectivity index (χ3v) is 7.39. The van der Waals surface area contributed by atoms with E-state index in [-0.39, 0.29) is 41.2 Å². The SMILES string of the molecule is Cc1cnc(-c2[c-]cc(Oc3ccc(-c4ccccc4)cc3)cc2)c(C)n1.Cc1cnc(-c2[c-]cc(Oc3ccccc3)cc2)c(C)n1.[Ir].[Pt]. The van der Waals surface area contributed by atoms with Gasteiger partial charge in [0.1, 0.15) is 11.5 Å². The van der Waals surface area contributed by atoms with Gasteiger partial charge >= 0.3 is 0 Å². The quantitative estimate of drug-likeness (QED) is 0.148. The molecule has 0 saturated heterocycles. The molecule has 0 bridgehead atoms. The van der Waals surface area contributed by atoms with Crippen molar-refractivity contribution in [3.63, 3.8) is 0 Å². The summed E-state index contributed by atoms with van der Waals surface area (Å²) >= 11 is 0. The zero-order valence-corrected chi connectivity index (χ0v) is 32.6. The molecule has 2 aromatic heterocycles. The zero-order chi connectivity index (χ0) is 33.3. The molecular formula is C42H34IrN4O2Pt-2. The summed E-state index contributed by atoms with van der Waals surface area (Å²) in [7, 11) is 0. The van der Waals surface area contributed by atoms with Crippen molar-refractivity contribution >= 4 is 0 Å². The molecule has 0 N–H and O–H groups in total. The maximum absolute atomic E-state index is 5.94. The smallest absolute Gasteiger partial charge is 0.114 e. The van der Waals surface area contributed by atoms with Crippen LogP contribution in [0.15, 0.2) is 134 Å². The maximum Gasteiger partial charge on any atom is 0.114 e. The maximum atomic E-state index is 5.94. The fraction of sp³-hybridized carbons (Fsp3) is 0.0952.